The van der Waals surface area contributed by atoms with E-state index in [2.05, 4.69) is 51.1 Å². The van der Waals surface area contributed by atoms with Gasteiger partial charge in [-0.05, 0) is 66.0 Å². The Labute approximate surface area is 136 Å². The van der Waals surface area contributed by atoms with E-state index in [1.807, 2.05) is 0 Å². The fraction of sp³-hybridized carbons (Fsp3) is 0.545. The van der Waals surface area contributed by atoms with E-state index in [9.17, 15) is 0 Å². The molecule has 0 nitrogen and oxygen atoms in total. The van der Waals surface area contributed by atoms with Gasteiger partial charge in [0.05, 0.1) is 0 Å². The molecular weight excluding hydrogens is 264 g/mol. The first-order chi connectivity index (χ1) is 10.8. The van der Waals surface area contributed by atoms with Gasteiger partial charge in [-0.1, -0.05) is 70.4 Å². The van der Waals surface area contributed by atoms with E-state index in [-0.39, 0.29) is 0 Å². The summed E-state index contributed by atoms with van der Waals surface area (Å²) in [4.78, 5) is 0. The van der Waals surface area contributed by atoms with Crippen molar-refractivity contribution in [3.8, 4) is 0 Å². The van der Waals surface area contributed by atoms with Crippen LogP contribution in [0, 0.1) is 0 Å². The van der Waals surface area contributed by atoms with E-state index in [0.717, 1.165) is 0 Å². The second-order valence-electron chi connectivity index (χ2n) is 6.53. The molecule has 0 atom stereocenters. The first-order valence-corrected chi connectivity index (χ1v) is 9.34. The van der Waals surface area contributed by atoms with E-state index >= 15 is 0 Å². The summed E-state index contributed by atoms with van der Waals surface area (Å²) in [7, 11) is 0. The van der Waals surface area contributed by atoms with Crippen LogP contribution in [-0.4, -0.2) is 0 Å². The lowest BCUT2D eigenvalue weighted by molar-refractivity contribution is 0.761. The van der Waals surface area contributed by atoms with Gasteiger partial charge in [0.25, 0.3) is 0 Å². The fourth-order valence-corrected chi connectivity index (χ4v) is 3.37. The summed E-state index contributed by atoms with van der Waals surface area (Å²) in [5.41, 5.74) is 4.76. The summed E-state index contributed by atoms with van der Waals surface area (Å²) in [5.74, 6) is 0. The van der Waals surface area contributed by atoms with E-state index in [1.54, 1.807) is 16.7 Å². The Balaban J connectivity index is 2.44. The Morgan fingerprint density at radius 2 is 1.23 bits per heavy atom. The normalized spacial score (nSPS) is 11.2. The number of aryl methyl sites for hydroxylation is 3. The highest BCUT2D eigenvalue weighted by atomic mass is 14.1. The lowest BCUT2D eigenvalue weighted by Crippen LogP contribution is -1.98. The Morgan fingerprint density at radius 1 is 0.591 bits per heavy atom. The first-order valence-electron chi connectivity index (χ1n) is 9.34. The van der Waals surface area contributed by atoms with E-state index in [0.29, 0.717) is 0 Å². The van der Waals surface area contributed by atoms with Crippen molar-refractivity contribution in [1.82, 2.24) is 0 Å². The van der Waals surface area contributed by atoms with Crippen LogP contribution in [0.3, 0.4) is 0 Å². The molecule has 0 spiro atoms. The molecule has 0 aliphatic rings. The number of rotatable bonds is 9. The molecule has 0 bridgehead atoms. The van der Waals surface area contributed by atoms with Crippen LogP contribution in [0.1, 0.15) is 76.0 Å². The molecule has 2 rings (SSSR count). The summed E-state index contributed by atoms with van der Waals surface area (Å²) in [5, 5.41) is 3.03. The molecule has 0 saturated carbocycles. The van der Waals surface area contributed by atoms with Crippen molar-refractivity contribution in [1.29, 1.82) is 0 Å². The van der Waals surface area contributed by atoms with Crippen LogP contribution >= 0.6 is 0 Å². The predicted octanol–water partition coefficient (Wildman–Crippen LogP) is 6.87. The summed E-state index contributed by atoms with van der Waals surface area (Å²) < 4.78 is 0. The molecule has 120 valence electrons. The standard InChI is InChI=1S/C22H32/c1-4-7-11-18-13-10-15-22-20(14-9-6-3)19(12-8-5-2)16-17-21(18)22/h10,13,15-17H,4-9,11-12,14H2,1-3H3. The largest absolute Gasteiger partial charge is 0.0654 e. The Hall–Kier alpha value is -1.30. The van der Waals surface area contributed by atoms with Gasteiger partial charge in [-0.3, -0.25) is 0 Å². The molecule has 0 aromatic heterocycles. The van der Waals surface area contributed by atoms with E-state index < -0.39 is 0 Å². The van der Waals surface area contributed by atoms with Crippen molar-refractivity contribution in [3.05, 3.63) is 47.0 Å². The highest BCUT2D eigenvalue weighted by molar-refractivity contribution is 5.89. The van der Waals surface area contributed by atoms with Gasteiger partial charge >= 0.3 is 0 Å². The molecule has 0 radical (unpaired) electrons. The van der Waals surface area contributed by atoms with Gasteiger partial charge in [0.1, 0.15) is 0 Å². The van der Waals surface area contributed by atoms with Gasteiger partial charge in [-0.15, -0.1) is 0 Å². The zero-order valence-corrected chi connectivity index (χ0v) is 14.8. The molecule has 22 heavy (non-hydrogen) atoms. The molecule has 0 unspecified atom stereocenters. The topological polar surface area (TPSA) is 0 Å². The van der Waals surface area contributed by atoms with Gasteiger partial charge in [0.15, 0.2) is 0 Å². The van der Waals surface area contributed by atoms with Crippen LogP contribution < -0.4 is 0 Å². The van der Waals surface area contributed by atoms with Gasteiger partial charge < -0.3 is 0 Å². The molecule has 0 amide bonds. The second kappa shape index (κ2) is 8.98. The first kappa shape index (κ1) is 17.1. The Kier molecular flexibility index (Phi) is 6.96. The van der Waals surface area contributed by atoms with E-state index in [1.165, 1.54) is 68.6 Å². The fourth-order valence-electron chi connectivity index (χ4n) is 3.37. The third-order valence-corrected chi connectivity index (χ3v) is 4.74. The molecule has 0 heteroatoms. The summed E-state index contributed by atoms with van der Waals surface area (Å²) in [6.07, 6.45) is 11.4. The van der Waals surface area contributed by atoms with Gasteiger partial charge in [-0.25, -0.2) is 0 Å². The highest BCUT2D eigenvalue weighted by Gasteiger charge is 2.09. The monoisotopic (exact) mass is 296 g/mol. The lowest BCUT2D eigenvalue weighted by Gasteiger charge is -2.15. The third kappa shape index (κ3) is 4.12. The maximum atomic E-state index is 2.42. The van der Waals surface area contributed by atoms with Crippen molar-refractivity contribution in [2.45, 2.75) is 78.6 Å². The molecule has 0 saturated heterocycles. The van der Waals surface area contributed by atoms with Crippen molar-refractivity contribution < 1.29 is 0 Å². The average Bonchev–Trinajstić information content (AvgIpc) is 2.56. The number of hydrogen-bond donors (Lipinski definition) is 0. The summed E-state index contributed by atoms with van der Waals surface area (Å²) in [6.45, 7) is 6.86. The Morgan fingerprint density at radius 3 is 1.91 bits per heavy atom. The third-order valence-electron chi connectivity index (χ3n) is 4.74. The smallest absolute Gasteiger partial charge is 0.0146 e. The zero-order chi connectivity index (χ0) is 15.8. The SMILES string of the molecule is CCCCc1ccc2c(CCCC)cccc2c1CCCC. The van der Waals surface area contributed by atoms with Crippen molar-refractivity contribution >= 4 is 10.8 Å². The molecular formula is C22H32. The minimum absolute atomic E-state index is 1.22. The molecule has 0 N–H and O–H groups in total. The molecule has 2 aromatic rings. The van der Waals surface area contributed by atoms with E-state index in [4.69, 9.17) is 0 Å². The average molecular weight is 296 g/mol. The van der Waals surface area contributed by atoms with Crippen LogP contribution in [0.2, 0.25) is 0 Å². The lowest BCUT2D eigenvalue weighted by atomic mass is 9.90. The highest BCUT2D eigenvalue weighted by Crippen LogP contribution is 2.29. The van der Waals surface area contributed by atoms with Gasteiger partial charge in [-0.2, -0.15) is 0 Å². The van der Waals surface area contributed by atoms with Crippen molar-refractivity contribution in [2.75, 3.05) is 0 Å². The number of benzene rings is 2. The number of fused-ring (bicyclic) bond motifs is 1. The Bertz CT molecular complexity index is 580. The van der Waals surface area contributed by atoms with Crippen LogP contribution in [0.25, 0.3) is 10.8 Å². The number of hydrogen-bond acceptors (Lipinski definition) is 0. The molecule has 0 fully saturated rings. The minimum atomic E-state index is 1.22. The van der Waals surface area contributed by atoms with Crippen molar-refractivity contribution in [3.63, 3.8) is 0 Å². The van der Waals surface area contributed by atoms with Gasteiger partial charge in [0, 0.05) is 0 Å². The summed E-state index contributed by atoms with van der Waals surface area (Å²) >= 11 is 0. The minimum Gasteiger partial charge on any atom is -0.0654 e. The summed E-state index contributed by atoms with van der Waals surface area (Å²) in [6, 6.07) is 11.8. The maximum Gasteiger partial charge on any atom is -0.0146 e. The molecule has 0 aliphatic heterocycles. The van der Waals surface area contributed by atoms with Crippen LogP contribution in [0.4, 0.5) is 0 Å². The van der Waals surface area contributed by atoms with Gasteiger partial charge in [0.2, 0.25) is 0 Å². The molecule has 0 heterocycles. The molecule has 2 aromatic carbocycles. The van der Waals surface area contributed by atoms with Crippen LogP contribution in [-0.2, 0) is 19.3 Å². The molecule has 0 aliphatic carbocycles. The quantitative estimate of drug-likeness (QED) is 0.473. The number of unbranched alkanes of at least 4 members (excludes halogenated alkanes) is 3. The zero-order valence-electron chi connectivity index (χ0n) is 14.8. The maximum absolute atomic E-state index is 2.42. The predicted molar refractivity (Wildman–Crippen MR) is 99.8 cm³/mol. The van der Waals surface area contributed by atoms with Crippen LogP contribution in [0.5, 0.6) is 0 Å². The van der Waals surface area contributed by atoms with Crippen molar-refractivity contribution in [2.24, 2.45) is 0 Å². The second-order valence-corrected chi connectivity index (χ2v) is 6.53. The van der Waals surface area contributed by atoms with Crippen LogP contribution in [0.15, 0.2) is 30.3 Å².